The van der Waals surface area contributed by atoms with Gasteiger partial charge in [-0.25, -0.2) is 0 Å². The van der Waals surface area contributed by atoms with Crippen molar-refractivity contribution in [2.45, 2.75) is 13.5 Å². The molecule has 2 nitrogen and oxygen atoms in total. The van der Waals surface area contributed by atoms with Crippen molar-refractivity contribution >= 4 is 33.3 Å². The Labute approximate surface area is 98.3 Å². The summed E-state index contributed by atoms with van der Waals surface area (Å²) in [7, 11) is 0. The van der Waals surface area contributed by atoms with Crippen LogP contribution >= 0.6 is 27.5 Å². The van der Waals surface area contributed by atoms with Crippen molar-refractivity contribution in [2.75, 3.05) is 0 Å². The van der Waals surface area contributed by atoms with Crippen LogP contribution in [0.5, 0.6) is 5.75 Å². The molecule has 0 heterocycles. The van der Waals surface area contributed by atoms with Crippen LogP contribution in [0.4, 0.5) is 8.78 Å². The van der Waals surface area contributed by atoms with Crippen molar-refractivity contribution < 1.29 is 18.3 Å². The molecule has 0 fully saturated rings. The van der Waals surface area contributed by atoms with Crippen LogP contribution in [0.1, 0.15) is 17.3 Å². The molecule has 0 bridgehead atoms. The Kier molecular flexibility index (Phi) is 4.04. The van der Waals surface area contributed by atoms with E-state index in [9.17, 15) is 13.6 Å². The molecule has 0 amide bonds. The standard InChI is InChI=1S/C9H6BrClF2O2/c1-4(14)5-2-3-6(11)8(7(5)10)15-9(12)13/h2-3,9H,1H3. The van der Waals surface area contributed by atoms with E-state index in [2.05, 4.69) is 20.7 Å². The third-order valence-electron chi connectivity index (χ3n) is 1.64. The first-order chi connectivity index (χ1) is 6.93. The maximum absolute atomic E-state index is 12.0. The van der Waals surface area contributed by atoms with E-state index < -0.39 is 6.61 Å². The number of ether oxygens (including phenoxy) is 1. The smallest absolute Gasteiger partial charge is 0.387 e. The number of Topliss-reactive ketones (excluding diaryl/α,β-unsaturated/α-hetero) is 1. The lowest BCUT2D eigenvalue weighted by atomic mass is 10.1. The van der Waals surface area contributed by atoms with Gasteiger partial charge >= 0.3 is 6.61 Å². The molecule has 1 aromatic carbocycles. The minimum Gasteiger partial charge on any atom is -0.432 e. The van der Waals surface area contributed by atoms with Gasteiger partial charge in [0.25, 0.3) is 0 Å². The largest absolute Gasteiger partial charge is 0.432 e. The van der Waals surface area contributed by atoms with Gasteiger partial charge in [0.2, 0.25) is 0 Å². The van der Waals surface area contributed by atoms with Crippen LogP contribution in [-0.4, -0.2) is 12.4 Å². The van der Waals surface area contributed by atoms with Crippen molar-refractivity contribution in [1.29, 1.82) is 0 Å². The van der Waals surface area contributed by atoms with E-state index in [4.69, 9.17) is 11.6 Å². The van der Waals surface area contributed by atoms with E-state index in [1.54, 1.807) is 0 Å². The SMILES string of the molecule is CC(=O)c1ccc(Cl)c(OC(F)F)c1Br. The monoisotopic (exact) mass is 298 g/mol. The van der Waals surface area contributed by atoms with E-state index in [-0.39, 0.29) is 26.6 Å². The molecule has 1 aromatic rings. The fraction of sp³-hybridized carbons (Fsp3) is 0.222. The van der Waals surface area contributed by atoms with Crippen molar-refractivity contribution in [2.24, 2.45) is 0 Å². The predicted molar refractivity (Wildman–Crippen MR) is 55.8 cm³/mol. The Morgan fingerprint density at radius 3 is 2.60 bits per heavy atom. The van der Waals surface area contributed by atoms with Gasteiger partial charge in [0.05, 0.1) is 9.50 Å². The molecule has 0 N–H and O–H groups in total. The third kappa shape index (κ3) is 2.89. The number of rotatable bonds is 3. The van der Waals surface area contributed by atoms with Crippen LogP contribution in [0.2, 0.25) is 5.02 Å². The summed E-state index contributed by atoms with van der Waals surface area (Å²) in [4.78, 5) is 11.1. The van der Waals surface area contributed by atoms with E-state index in [1.807, 2.05) is 0 Å². The van der Waals surface area contributed by atoms with Crippen LogP contribution in [0.25, 0.3) is 0 Å². The zero-order chi connectivity index (χ0) is 11.6. The molecular formula is C9H6BrClF2O2. The van der Waals surface area contributed by atoms with Gasteiger partial charge < -0.3 is 4.74 Å². The molecule has 6 heteroatoms. The molecule has 0 spiro atoms. The summed E-state index contributed by atoms with van der Waals surface area (Å²) in [6.07, 6.45) is 0. The highest BCUT2D eigenvalue weighted by Crippen LogP contribution is 2.36. The van der Waals surface area contributed by atoms with Crippen LogP contribution in [0, 0.1) is 0 Å². The molecule has 15 heavy (non-hydrogen) atoms. The minimum absolute atomic E-state index is 0.0205. The number of hydrogen-bond donors (Lipinski definition) is 0. The van der Waals surface area contributed by atoms with Crippen molar-refractivity contribution in [3.8, 4) is 5.75 Å². The second-order valence-corrected chi connectivity index (χ2v) is 3.87. The highest BCUT2D eigenvalue weighted by atomic mass is 79.9. The lowest BCUT2D eigenvalue weighted by Gasteiger charge is -2.10. The highest BCUT2D eigenvalue weighted by Gasteiger charge is 2.17. The molecule has 0 aliphatic rings. The topological polar surface area (TPSA) is 26.3 Å². The highest BCUT2D eigenvalue weighted by molar-refractivity contribution is 9.10. The fourth-order valence-electron chi connectivity index (χ4n) is 1.00. The van der Waals surface area contributed by atoms with Crippen molar-refractivity contribution in [3.05, 3.63) is 27.2 Å². The fourth-order valence-corrected chi connectivity index (χ4v) is 2.04. The molecule has 0 unspecified atom stereocenters. The molecule has 0 radical (unpaired) electrons. The average Bonchev–Trinajstić information content (AvgIpc) is 2.11. The van der Waals surface area contributed by atoms with Gasteiger partial charge in [-0.3, -0.25) is 4.79 Å². The Balaban J connectivity index is 3.24. The van der Waals surface area contributed by atoms with E-state index in [0.717, 1.165) is 0 Å². The van der Waals surface area contributed by atoms with Gasteiger partial charge in [0.15, 0.2) is 11.5 Å². The summed E-state index contributed by atoms with van der Waals surface area (Å²) < 4.78 is 28.4. The molecule has 0 saturated carbocycles. The first-order valence-corrected chi connectivity index (χ1v) is 5.04. The first-order valence-electron chi connectivity index (χ1n) is 3.87. The lowest BCUT2D eigenvalue weighted by Crippen LogP contribution is -2.05. The van der Waals surface area contributed by atoms with Crippen LogP contribution in [0.15, 0.2) is 16.6 Å². The Hall–Kier alpha value is -0.680. The predicted octanol–water partition coefficient (Wildman–Crippen LogP) is 3.91. The van der Waals surface area contributed by atoms with Gasteiger partial charge in [-0.1, -0.05) is 11.6 Å². The number of carbonyl (C=O) groups excluding carboxylic acids is 1. The quantitative estimate of drug-likeness (QED) is 0.791. The normalized spacial score (nSPS) is 10.5. The third-order valence-corrected chi connectivity index (χ3v) is 2.72. The summed E-state index contributed by atoms with van der Waals surface area (Å²) in [5.74, 6) is -0.489. The second kappa shape index (κ2) is 4.90. The molecule has 82 valence electrons. The van der Waals surface area contributed by atoms with E-state index in [0.29, 0.717) is 0 Å². The van der Waals surface area contributed by atoms with Gasteiger partial charge in [0.1, 0.15) is 0 Å². The number of carbonyl (C=O) groups is 1. The summed E-state index contributed by atoms with van der Waals surface area (Å²) >= 11 is 8.65. The zero-order valence-electron chi connectivity index (χ0n) is 7.56. The van der Waals surface area contributed by atoms with Crippen molar-refractivity contribution in [3.63, 3.8) is 0 Å². The number of benzene rings is 1. The van der Waals surface area contributed by atoms with Gasteiger partial charge in [0, 0.05) is 5.56 Å². The summed E-state index contributed by atoms with van der Waals surface area (Å²) in [5, 5.41) is 0.0205. The number of hydrogen-bond acceptors (Lipinski definition) is 2. The zero-order valence-corrected chi connectivity index (χ0v) is 9.90. The Morgan fingerprint density at radius 2 is 2.13 bits per heavy atom. The number of alkyl halides is 2. The molecule has 1 rings (SSSR count). The van der Waals surface area contributed by atoms with Crippen LogP contribution < -0.4 is 4.74 Å². The van der Waals surface area contributed by atoms with Gasteiger partial charge in [-0.15, -0.1) is 0 Å². The van der Waals surface area contributed by atoms with Gasteiger partial charge in [-0.2, -0.15) is 8.78 Å². The summed E-state index contributed by atoms with van der Waals surface area (Å²) in [5.41, 5.74) is 0.245. The molecule has 0 aromatic heterocycles. The Morgan fingerprint density at radius 1 is 1.53 bits per heavy atom. The number of ketones is 1. The molecule has 0 atom stereocenters. The maximum atomic E-state index is 12.0. The van der Waals surface area contributed by atoms with E-state index in [1.165, 1.54) is 19.1 Å². The van der Waals surface area contributed by atoms with E-state index >= 15 is 0 Å². The van der Waals surface area contributed by atoms with Crippen LogP contribution in [0.3, 0.4) is 0 Å². The Bertz CT molecular complexity index is 396. The molecule has 0 aliphatic heterocycles. The second-order valence-electron chi connectivity index (χ2n) is 2.67. The maximum Gasteiger partial charge on any atom is 0.387 e. The summed E-state index contributed by atoms with van der Waals surface area (Å²) in [6.45, 7) is -1.67. The molecular weight excluding hydrogens is 293 g/mol. The minimum atomic E-state index is -2.99. The average molecular weight is 299 g/mol. The van der Waals surface area contributed by atoms with Crippen LogP contribution in [-0.2, 0) is 0 Å². The molecule has 0 saturated heterocycles. The van der Waals surface area contributed by atoms with Gasteiger partial charge in [-0.05, 0) is 35.0 Å². The first kappa shape index (κ1) is 12.4. The number of halogens is 4. The molecule has 0 aliphatic carbocycles. The summed E-state index contributed by atoms with van der Waals surface area (Å²) in [6, 6.07) is 2.77. The van der Waals surface area contributed by atoms with Crippen molar-refractivity contribution in [1.82, 2.24) is 0 Å². The lowest BCUT2D eigenvalue weighted by molar-refractivity contribution is -0.0503.